The molecule has 0 aromatic heterocycles. The number of hydrogen-bond donors (Lipinski definition) is 1. The number of carbonyl (C=O) groups excluding carboxylic acids is 1. The molecule has 0 saturated carbocycles. The van der Waals surface area contributed by atoms with E-state index in [-0.39, 0.29) is 11.6 Å². The number of benzene rings is 1. The third-order valence-electron chi connectivity index (χ3n) is 5.09. The first-order chi connectivity index (χ1) is 10.2. The second kappa shape index (κ2) is 4.63. The van der Waals surface area contributed by atoms with Crippen LogP contribution in [0, 0.1) is 5.92 Å². The summed E-state index contributed by atoms with van der Waals surface area (Å²) in [5, 5.41) is 2.93. The zero-order valence-corrected chi connectivity index (χ0v) is 12.3. The molecule has 2 amide bonds. The van der Waals surface area contributed by atoms with Gasteiger partial charge in [-0.05, 0) is 18.1 Å². The van der Waals surface area contributed by atoms with E-state index in [1.807, 2.05) is 18.0 Å². The number of likely N-dealkylation sites (tertiary alicyclic amines) is 1. The van der Waals surface area contributed by atoms with Crippen molar-refractivity contribution in [3.63, 3.8) is 0 Å². The molecule has 0 aliphatic carbocycles. The smallest absolute Gasteiger partial charge is 0.317 e. The summed E-state index contributed by atoms with van der Waals surface area (Å²) in [7, 11) is 1.90. The highest BCUT2D eigenvalue weighted by Crippen LogP contribution is 2.32. The zero-order valence-electron chi connectivity index (χ0n) is 12.3. The van der Waals surface area contributed by atoms with Crippen LogP contribution in [0.1, 0.15) is 5.56 Å². The molecule has 3 heterocycles. The Balaban J connectivity index is 1.34. The van der Waals surface area contributed by atoms with Gasteiger partial charge < -0.3 is 15.0 Å². The number of fused-ring (bicyclic) bond motifs is 1. The number of urea groups is 1. The molecule has 1 aromatic rings. The molecule has 3 aliphatic heterocycles. The molecule has 5 heteroatoms. The molecule has 1 N–H and O–H groups in total. The van der Waals surface area contributed by atoms with Crippen molar-refractivity contribution in [2.45, 2.75) is 12.0 Å². The Kier molecular flexibility index (Phi) is 2.85. The van der Waals surface area contributed by atoms with Gasteiger partial charge in [0.05, 0.1) is 12.1 Å². The Morgan fingerprint density at radius 3 is 2.95 bits per heavy atom. The van der Waals surface area contributed by atoms with E-state index in [2.05, 4.69) is 28.4 Å². The molecule has 21 heavy (non-hydrogen) atoms. The summed E-state index contributed by atoms with van der Waals surface area (Å²) in [5.74, 6) is 1.59. The Hall–Kier alpha value is -1.75. The molecule has 2 fully saturated rings. The molecule has 4 rings (SSSR count). The third kappa shape index (κ3) is 2.07. The molecule has 1 atom stereocenters. The number of rotatable bonds is 2. The molecular weight excluding hydrogens is 266 g/mol. The quantitative estimate of drug-likeness (QED) is 0.881. The molecule has 3 aliphatic rings. The lowest BCUT2D eigenvalue weighted by Crippen LogP contribution is -2.69. The maximum Gasteiger partial charge on any atom is 0.317 e. The number of carbonyl (C=O) groups is 1. The maximum atomic E-state index is 11.6. The maximum absolute atomic E-state index is 11.6. The first-order valence-electron chi connectivity index (χ1n) is 7.61. The first kappa shape index (κ1) is 13.0. The summed E-state index contributed by atoms with van der Waals surface area (Å²) >= 11 is 0. The molecule has 0 bridgehead atoms. The van der Waals surface area contributed by atoms with E-state index in [1.54, 1.807) is 0 Å². The van der Waals surface area contributed by atoms with Gasteiger partial charge in [0.2, 0.25) is 0 Å². The molecule has 0 radical (unpaired) electrons. The van der Waals surface area contributed by atoms with Gasteiger partial charge in [0.25, 0.3) is 0 Å². The van der Waals surface area contributed by atoms with Crippen molar-refractivity contribution in [3.8, 4) is 5.75 Å². The van der Waals surface area contributed by atoms with Crippen LogP contribution in [0.4, 0.5) is 4.79 Å². The lowest BCUT2D eigenvalue weighted by atomic mass is 9.87. The second-order valence-electron chi connectivity index (χ2n) is 6.60. The van der Waals surface area contributed by atoms with Gasteiger partial charge in [-0.25, -0.2) is 4.79 Å². The minimum atomic E-state index is 0.0323. The molecular formula is C16H21N3O2. The van der Waals surface area contributed by atoms with Crippen LogP contribution in [0.2, 0.25) is 0 Å². The van der Waals surface area contributed by atoms with Crippen molar-refractivity contribution >= 4 is 6.03 Å². The van der Waals surface area contributed by atoms with Crippen LogP contribution in [0.5, 0.6) is 5.75 Å². The van der Waals surface area contributed by atoms with Crippen LogP contribution in [0.15, 0.2) is 24.3 Å². The number of amides is 2. The largest absolute Gasteiger partial charge is 0.493 e. The van der Waals surface area contributed by atoms with E-state index < -0.39 is 0 Å². The number of likely N-dealkylation sites (N-methyl/N-ethyl adjacent to an activating group) is 1. The van der Waals surface area contributed by atoms with Crippen LogP contribution >= 0.6 is 0 Å². The summed E-state index contributed by atoms with van der Waals surface area (Å²) in [6, 6.07) is 8.37. The third-order valence-corrected chi connectivity index (χ3v) is 5.09. The topological polar surface area (TPSA) is 44.8 Å². The molecule has 5 nitrogen and oxygen atoms in total. The Morgan fingerprint density at radius 2 is 2.19 bits per heavy atom. The van der Waals surface area contributed by atoms with Crippen LogP contribution in [-0.4, -0.2) is 61.2 Å². The van der Waals surface area contributed by atoms with Crippen molar-refractivity contribution in [1.82, 2.24) is 15.1 Å². The van der Waals surface area contributed by atoms with Crippen LogP contribution in [0.3, 0.4) is 0 Å². The summed E-state index contributed by atoms with van der Waals surface area (Å²) < 4.78 is 5.86. The highest BCUT2D eigenvalue weighted by atomic mass is 16.5. The standard InChI is InChI=1S/C16H21N3O2/c1-18-15(20)17-9-16(18)10-19(11-16)7-12-6-13-4-2-3-5-14(13)21-8-12/h2-5,12H,6-11H2,1H3,(H,17,20). The Labute approximate surface area is 124 Å². The van der Waals surface area contributed by atoms with Gasteiger partial charge in [0, 0.05) is 39.1 Å². The highest BCUT2D eigenvalue weighted by Gasteiger charge is 2.52. The van der Waals surface area contributed by atoms with E-state index >= 15 is 0 Å². The molecule has 1 unspecified atom stereocenters. The SMILES string of the molecule is CN1C(=O)NCC12CN(CC1COc3ccccc3C1)C2. The Bertz CT molecular complexity index is 568. The summed E-state index contributed by atoms with van der Waals surface area (Å²) in [6.45, 7) is 4.58. The summed E-state index contributed by atoms with van der Waals surface area (Å²) in [4.78, 5) is 15.9. The van der Waals surface area contributed by atoms with Crippen molar-refractivity contribution in [2.24, 2.45) is 5.92 Å². The van der Waals surface area contributed by atoms with Crippen LogP contribution < -0.4 is 10.1 Å². The average molecular weight is 287 g/mol. The fourth-order valence-electron chi connectivity index (χ4n) is 3.81. The molecule has 112 valence electrons. The summed E-state index contributed by atoms with van der Waals surface area (Å²) in [5.41, 5.74) is 1.35. The van der Waals surface area contributed by atoms with E-state index in [9.17, 15) is 4.79 Å². The fourth-order valence-corrected chi connectivity index (χ4v) is 3.81. The minimum Gasteiger partial charge on any atom is -0.493 e. The fraction of sp³-hybridized carbons (Fsp3) is 0.562. The number of nitrogens with one attached hydrogen (secondary N) is 1. The van der Waals surface area contributed by atoms with Gasteiger partial charge in [0.1, 0.15) is 5.75 Å². The predicted octanol–water partition coefficient (Wildman–Crippen LogP) is 0.947. The monoisotopic (exact) mass is 287 g/mol. The van der Waals surface area contributed by atoms with E-state index in [0.717, 1.165) is 45.0 Å². The average Bonchev–Trinajstić information content (AvgIpc) is 2.76. The van der Waals surface area contributed by atoms with E-state index in [0.29, 0.717) is 5.92 Å². The zero-order chi connectivity index (χ0) is 14.4. The highest BCUT2D eigenvalue weighted by molar-refractivity contribution is 5.78. The van der Waals surface area contributed by atoms with Gasteiger partial charge in [0.15, 0.2) is 0 Å². The van der Waals surface area contributed by atoms with Gasteiger partial charge in [-0.1, -0.05) is 18.2 Å². The van der Waals surface area contributed by atoms with Gasteiger partial charge in [-0.2, -0.15) is 0 Å². The van der Waals surface area contributed by atoms with E-state index in [4.69, 9.17) is 4.74 Å². The van der Waals surface area contributed by atoms with Gasteiger partial charge >= 0.3 is 6.03 Å². The normalized spacial score (nSPS) is 27.0. The number of ether oxygens (including phenoxy) is 1. The van der Waals surface area contributed by atoms with Gasteiger partial charge in [-0.3, -0.25) is 4.90 Å². The lowest BCUT2D eigenvalue weighted by Gasteiger charge is -2.51. The van der Waals surface area contributed by atoms with Gasteiger partial charge in [-0.15, -0.1) is 0 Å². The van der Waals surface area contributed by atoms with E-state index in [1.165, 1.54) is 5.56 Å². The Morgan fingerprint density at radius 1 is 1.38 bits per heavy atom. The predicted molar refractivity (Wildman–Crippen MR) is 79.5 cm³/mol. The van der Waals surface area contributed by atoms with Crippen LogP contribution in [0.25, 0.3) is 0 Å². The number of hydrogen-bond acceptors (Lipinski definition) is 3. The molecule has 1 aromatic carbocycles. The van der Waals surface area contributed by atoms with Crippen molar-refractivity contribution in [1.29, 1.82) is 0 Å². The minimum absolute atomic E-state index is 0.0323. The number of para-hydroxylation sites is 1. The summed E-state index contributed by atoms with van der Waals surface area (Å²) in [6.07, 6.45) is 1.09. The number of nitrogens with zero attached hydrogens (tertiary/aromatic N) is 2. The first-order valence-corrected chi connectivity index (χ1v) is 7.61. The lowest BCUT2D eigenvalue weighted by molar-refractivity contribution is -0.0107. The molecule has 2 saturated heterocycles. The van der Waals surface area contributed by atoms with Crippen molar-refractivity contribution < 1.29 is 9.53 Å². The van der Waals surface area contributed by atoms with Crippen LogP contribution in [-0.2, 0) is 6.42 Å². The van der Waals surface area contributed by atoms with Crippen molar-refractivity contribution in [2.75, 3.05) is 39.8 Å². The molecule has 1 spiro atoms. The second-order valence-corrected chi connectivity index (χ2v) is 6.60. The van der Waals surface area contributed by atoms with Crippen molar-refractivity contribution in [3.05, 3.63) is 29.8 Å².